The number of imidazole rings is 1. The number of carboxylic acids is 1. The molecule has 7 heteroatoms. The lowest BCUT2D eigenvalue weighted by atomic mass is 10.1. The zero-order valence-electron chi connectivity index (χ0n) is 10.8. The van der Waals surface area contributed by atoms with E-state index in [1.54, 1.807) is 19.1 Å². The predicted octanol–water partition coefficient (Wildman–Crippen LogP) is 0.539. The van der Waals surface area contributed by atoms with E-state index in [0.717, 1.165) is 0 Å². The summed E-state index contributed by atoms with van der Waals surface area (Å²) in [7, 11) is 0. The third-order valence-corrected chi connectivity index (χ3v) is 2.70. The number of nitrogens with one attached hydrogen (secondary N) is 2. The molecule has 20 heavy (non-hydrogen) atoms. The SMILES string of the molecule is Cc1cccc(C(=O)NC(Cc2cnc[nH]2)C(=O)O)n1. The molecule has 0 aliphatic carbocycles. The molecule has 7 nitrogen and oxygen atoms in total. The summed E-state index contributed by atoms with van der Waals surface area (Å²) in [4.78, 5) is 33.8. The Kier molecular flexibility index (Phi) is 4.09. The summed E-state index contributed by atoms with van der Waals surface area (Å²) in [6.07, 6.45) is 3.11. The van der Waals surface area contributed by atoms with Crippen molar-refractivity contribution in [1.82, 2.24) is 20.3 Å². The van der Waals surface area contributed by atoms with Gasteiger partial charge in [0, 0.05) is 24.0 Å². The molecule has 2 rings (SSSR count). The highest BCUT2D eigenvalue weighted by Gasteiger charge is 2.22. The van der Waals surface area contributed by atoms with Crippen molar-refractivity contribution >= 4 is 11.9 Å². The molecule has 0 radical (unpaired) electrons. The second-order valence-electron chi connectivity index (χ2n) is 4.31. The van der Waals surface area contributed by atoms with E-state index in [0.29, 0.717) is 11.4 Å². The lowest BCUT2D eigenvalue weighted by molar-refractivity contribution is -0.139. The monoisotopic (exact) mass is 274 g/mol. The third-order valence-electron chi connectivity index (χ3n) is 2.70. The highest BCUT2D eigenvalue weighted by atomic mass is 16.4. The van der Waals surface area contributed by atoms with Gasteiger partial charge in [-0.3, -0.25) is 4.79 Å². The van der Waals surface area contributed by atoms with Crippen LogP contribution >= 0.6 is 0 Å². The van der Waals surface area contributed by atoms with Gasteiger partial charge in [-0.25, -0.2) is 14.8 Å². The molecule has 0 saturated heterocycles. The van der Waals surface area contributed by atoms with Gasteiger partial charge in [0.05, 0.1) is 6.33 Å². The van der Waals surface area contributed by atoms with E-state index in [9.17, 15) is 9.59 Å². The Balaban J connectivity index is 2.08. The molecule has 2 heterocycles. The van der Waals surface area contributed by atoms with E-state index >= 15 is 0 Å². The predicted molar refractivity (Wildman–Crippen MR) is 70.2 cm³/mol. The first-order chi connectivity index (χ1) is 9.56. The second kappa shape index (κ2) is 5.96. The Bertz CT molecular complexity index is 610. The number of aromatic nitrogens is 3. The Morgan fingerprint density at radius 3 is 2.85 bits per heavy atom. The molecule has 2 aromatic rings. The Hall–Kier alpha value is -2.70. The van der Waals surface area contributed by atoms with Crippen molar-refractivity contribution in [1.29, 1.82) is 0 Å². The number of amides is 1. The van der Waals surface area contributed by atoms with Crippen LogP contribution in [0, 0.1) is 6.92 Å². The smallest absolute Gasteiger partial charge is 0.326 e. The highest BCUT2D eigenvalue weighted by Crippen LogP contribution is 2.02. The largest absolute Gasteiger partial charge is 0.480 e. The van der Waals surface area contributed by atoms with Crippen LogP contribution < -0.4 is 5.32 Å². The molecular formula is C13H14N4O3. The number of aromatic amines is 1. The van der Waals surface area contributed by atoms with E-state index in [4.69, 9.17) is 5.11 Å². The number of rotatable bonds is 5. The topological polar surface area (TPSA) is 108 Å². The molecular weight excluding hydrogens is 260 g/mol. The number of carbonyl (C=O) groups is 2. The van der Waals surface area contributed by atoms with Gasteiger partial charge in [0.25, 0.3) is 5.91 Å². The van der Waals surface area contributed by atoms with Gasteiger partial charge >= 0.3 is 5.97 Å². The number of carboxylic acid groups (broad SMARTS) is 1. The Morgan fingerprint density at radius 2 is 2.25 bits per heavy atom. The second-order valence-corrected chi connectivity index (χ2v) is 4.31. The number of hydrogen-bond donors (Lipinski definition) is 3. The van der Waals surface area contributed by atoms with Crippen LogP contribution in [0.1, 0.15) is 21.9 Å². The van der Waals surface area contributed by atoms with Crippen molar-refractivity contribution in [2.24, 2.45) is 0 Å². The molecule has 0 spiro atoms. The van der Waals surface area contributed by atoms with Crippen LogP contribution in [0.5, 0.6) is 0 Å². The van der Waals surface area contributed by atoms with Crippen molar-refractivity contribution in [3.63, 3.8) is 0 Å². The van der Waals surface area contributed by atoms with Gasteiger partial charge in [-0.1, -0.05) is 6.07 Å². The van der Waals surface area contributed by atoms with Crippen LogP contribution in [0.3, 0.4) is 0 Å². The van der Waals surface area contributed by atoms with E-state index in [1.165, 1.54) is 18.6 Å². The molecule has 0 fully saturated rings. The summed E-state index contributed by atoms with van der Waals surface area (Å²) >= 11 is 0. The number of hydrogen-bond acceptors (Lipinski definition) is 4. The normalized spacial score (nSPS) is 11.8. The molecule has 1 amide bonds. The molecule has 0 bridgehead atoms. The van der Waals surface area contributed by atoms with Gasteiger partial charge in [-0.05, 0) is 19.1 Å². The maximum Gasteiger partial charge on any atom is 0.326 e. The minimum Gasteiger partial charge on any atom is -0.480 e. The van der Waals surface area contributed by atoms with Gasteiger partial charge in [0.15, 0.2) is 0 Å². The van der Waals surface area contributed by atoms with Crippen molar-refractivity contribution < 1.29 is 14.7 Å². The Morgan fingerprint density at radius 1 is 1.45 bits per heavy atom. The first-order valence-corrected chi connectivity index (χ1v) is 6.01. The van der Waals surface area contributed by atoms with Crippen molar-refractivity contribution in [2.75, 3.05) is 0 Å². The van der Waals surface area contributed by atoms with Gasteiger partial charge in [-0.15, -0.1) is 0 Å². The average Bonchev–Trinajstić information content (AvgIpc) is 2.90. The van der Waals surface area contributed by atoms with Crippen LogP contribution in [0.4, 0.5) is 0 Å². The number of nitrogens with zero attached hydrogens (tertiary/aromatic N) is 2. The van der Waals surface area contributed by atoms with Gasteiger partial charge in [0.2, 0.25) is 0 Å². The van der Waals surface area contributed by atoms with Crippen LogP contribution in [0.2, 0.25) is 0 Å². The van der Waals surface area contributed by atoms with Crippen LogP contribution in [-0.4, -0.2) is 38.0 Å². The molecule has 0 saturated carbocycles. The van der Waals surface area contributed by atoms with Gasteiger partial charge < -0.3 is 15.4 Å². The molecule has 1 atom stereocenters. The third kappa shape index (κ3) is 3.41. The Labute approximate surface area is 115 Å². The van der Waals surface area contributed by atoms with Crippen LogP contribution in [0.15, 0.2) is 30.7 Å². The summed E-state index contributed by atoms with van der Waals surface area (Å²) in [5.41, 5.74) is 1.52. The lowest BCUT2D eigenvalue weighted by Gasteiger charge is -2.13. The highest BCUT2D eigenvalue weighted by molar-refractivity contribution is 5.95. The van der Waals surface area contributed by atoms with E-state index in [1.807, 2.05) is 0 Å². The summed E-state index contributed by atoms with van der Waals surface area (Å²) < 4.78 is 0. The summed E-state index contributed by atoms with van der Waals surface area (Å²) in [6, 6.07) is 3.96. The summed E-state index contributed by atoms with van der Waals surface area (Å²) in [5, 5.41) is 11.6. The summed E-state index contributed by atoms with van der Waals surface area (Å²) in [5.74, 6) is -1.62. The molecule has 0 aliphatic heterocycles. The molecule has 0 aromatic carbocycles. The maximum absolute atomic E-state index is 12.0. The average molecular weight is 274 g/mol. The van der Waals surface area contributed by atoms with Gasteiger partial charge in [-0.2, -0.15) is 0 Å². The number of aliphatic carboxylic acids is 1. The fourth-order valence-corrected chi connectivity index (χ4v) is 1.72. The number of aryl methyl sites for hydroxylation is 1. The lowest BCUT2D eigenvalue weighted by Crippen LogP contribution is -2.42. The van der Waals surface area contributed by atoms with Gasteiger partial charge in [0.1, 0.15) is 11.7 Å². The van der Waals surface area contributed by atoms with Crippen LogP contribution in [0.25, 0.3) is 0 Å². The quantitative estimate of drug-likeness (QED) is 0.737. The van der Waals surface area contributed by atoms with E-state index in [-0.39, 0.29) is 12.1 Å². The minimum absolute atomic E-state index is 0.132. The first-order valence-electron chi connectivity index (χ1n) is 6.01. The van der Waals surface area contributed by atoms with Crippen LogP contribution in [-0.2, 0) is 11.2 Å². The first kappa shape index (κ1) is 13.7. The maximum atomic E-state index is 12.0. The molecule has 0 aliphatic rings. The number of H-pyrrole nitrogens is 1. The van der Waals surface area contributed by atoms with Crippen molar-refractivity contribution in [2.45, 2.75) is 19.4 Å². The van der Waals surface area contributed by atoms with Crippen molar-refractivity contribution in [3.05, 3.63) is 47.8 Å². The molecule has 3 N–H and O–H groups in total. The number of carbonyl (C=O) groups excluding carboxylic acids is 1. The summed E-state index contributed by atoms with van der Waals surface area (Å²) in [6.45, 7) is 1.76. The minimum atomic E-state index is -1.11. The zero-order valence-corrected chi connectivity index (χ0v) is 10.8. The number of pyridine rings is 1. The molecule has 1 unspecified atom stereocenters. The van der Waals surface area contributed by atoms with E-state index in [2.05, 4.69) is 20.3 Å². The van der Waals surface area contributed by atoms with E-state index < -0.39 is 17.9 Å². The van der Waals surface area contributed by atoms with Crippen molar-refractivity contribution in [3.8, 4) is 0 Å². The molecule has 104 valence electrons. The fourth-order valence-electron chi connectivity index (χ4n) is 1.72. The molecule has 2 aromatic heterocycles. The fraction of sp³-hybridized carbons (Fsp3) is 0.231. The zero-order chi connectivity index (χ0) is 14.5. The standard InChI is InChI=1S/C13H14N4O3/c1-8-3-2-4-10(16-8)12(18)17-11(13(19)20)5-9-6-14-7-15-9/h2-4,6-7,11H,5H2,1H3,(H,14,15)(H,17,18)(H,19,20).